The van der Waals surface area contributed by atoms with E-state index in [2.05, 4.69) is 30.8 Å². The normalized spacial score (nSPS) is 18.5. The number of alkyl halides is 1. The molecule has 0 spiro atoms. The summed E-state index contributed by atoms with van der Waals surface area (Å²) >= 11 is 6.49. The van der Waals surface area contributed by atoms with E-state index in [4.69, 9.17) is 16.4 Å². The first-order chi connectivity index (χ1) is 13.4. The number of ether oxygens (including phenoxy) is 1. The molecule has 1 aliphatic heterocycles. The van der Waals surface area contributed by atoms with Crippen LogP contribution in [0.1, 0.15) is 19.0 Å². The molecule has 2 atom stereocenters. The molecule has 2 rings (SSSR count). The fraction of sp³-hybridized carbons (Fsp3) is 0.467. The molecule has 0 aliphatic carbocycles. The molecular weight excluding hydrogens is 414 g/mol. The van der Waals surface area contributed by atoms with Gasteiger partial charge < -0.3 is 25.5 Å². The summed E-state index contributed by atoms with van der Waals surface area (Å²) in [5, 5.41) is 12.7. The zero-order valence-electron chi connectivity index (χ0n) is 15.0. The van der Waals surface area contributed by atoms with Crippen molar-refractivity contribution in [3.63, 3.8) is 0 Å². The number of esters is 1. The number of carbonyl (C=O) groups is 4. The highest BCUT2D eigenvalue weighted by Gasteiger charge is 2.46. The SMILES string of the molecule is CCCON=C(C(=O)NC1C(=O)NC1C(=O)OC)c1csc(NC(=O)CCl)n1. The zero-order valence-corrected chi connectivity index (χ0v) is 16.6. The van der Waals surface area contributed by atoms with E-state index in [9.17, 15) is 19.2 Å². The summed E-state index contributed by atoms with van der Waals surface area (Å²) in [5.41, 5.74) is -0.0859. The van der Waals surface area contributed by atoms with Crippen LogP contribution in [0.4, 0.5) is 5.13 Å². The Hall–Kier alpha value is -2.73. The van der Waals surface area contributed by atoms with Crippen molar-refractivity contribution in [3.8, 4) is 0 Å². The third-order valence-corrected chi connectivity index (χ3v) is 4.44. The van der Waals surface area contributed by atoms with Crippen molar-refractivity contribution < 1.29 is 28.8 Å². The molecule has 0 aromatic carbocycles. The van der Waals surface area contributed by atoms with E-state index in [1.165, 1.54) is 12.5 Å². The van der Waals surface area contributed by atoms with Gasteiger partial charge in [-0.05, 0) is 6.42 Å². The number of aromatic nitrogens is 1. The Morgan fingerprint density at radius 1 is 1.43 bits per heavy atom. The number of hydrogen-bond donors (Lipinski definition) is 3. The Morgan fingerprint density at radius 3 is 2.79 bits per heavy atom. The van der Waals surface area contributed by atoms with Crippen LogP contribution in [0.3, 0.4) is 0 Å². The van der Waals surface area contributed by atoms with Crippen molar-refractivity contribution in [3.05, 3.63) is 11.1 Å². The molecular formula is C15H18ClN5O6S. The van der Waals surface area contributed by atoms with E-state index in [0.717, 1.165) is 11.3 Å². The second-order valence-electron chi connectivity index (χ2n) is 5.45. The van der Waals surface area contributed by atoms with Gasteiger partial charge in [0.2, 0.25) is 11.8 Å². The molecule has 152 valence electrons. The van der Waals surface area contributed by atoms with Gasteiger partial charge >= 0.3 is 5.97 Å². The Balaban J connectivity index is 2.17. The number of thiazole rings is 1. The summed E-state index contributed by atoms with van der Waals surface area (Å²) in [4.78, 5) is 56.5. The van der Waals surface area contributed by atoms with Crippen LogP contribution < -0.4 is 16.0 Å². The fourth-order valence-electron chi connectivity index (χ4n) is 2.06. The number of carbonyl (C=O) groups excluding carboxylic acids is 4. The molecule has 2 heterocycles. The molecule has 28 heavy (non-hydrogen) atoms. The number of amides is 3. The maximum Gasteiger partial charge on any atom is 0.331 e. The predicted molar refractivity (Wildman–Crippen MR) is 100 cm³/mol. The molecule has 1 fully saturated rings. The summed E-state index contributed by atoms with van der Waals surface area (Å²) in [5.74, 6) is -2.71. The summed E-state index contributed by atoms with van der Waals surface area (Å²) < 4.78 is 4.57. The van der Waals surface area contributed by atoms with E-state index in [-0.39, 0.29) is 29.0 Å². The lowest BCUT2D eigenvalue weighted by atomic mass is 9.99. The number of nitrogens with one attached hydrogen (secondary N) is 3. The van der Waals surface area contributed by atoms with Crippen LogP contribution in [0.2, 0.25) is 0 Å². The summed E-state index contributed by atoms with van der Waals surface area (Å²) in [6, 6.07) is -2.10. The third kappa shape index (κ3) is 5.16. The van der Waals surface area contributed by atoms with Gasteiger partial charge in [0.25, 0.3) is 5.91 Å². The van der Waals surface area contributed by atoms with Crippen molar-refractivity contribution in [2.45, 2.75) is 25.4 Å². The first-order valence-corrected chi connectivity index (χ1v) is 9.53. The number of halogens is 1. The van der Waals surface area contributed by atoms with E-state index in [0.29, 0.717) is 6.42 Å². The van der Waals surface area contributed by atoms with Gasteiger partial charge in [-0.2, -0.15) is 0 Å². The average Bonchev–Trinajstić information content (AvgIpc) is 3.14. The molecule has 3 amide bonds. The number of nitrogens with zero attached hydrogens (tertiary/aromatic N) is 2. The molecule has 1 aromatic rings. The lowest BCUT2D eigenvalue weighted by molar-refractivity contribution is -0.153. The summed E-state index contributed by atoms with van der Waals surface area (Å²) in [7, 11) is 1.17. The minimum Gasteiger partial charge on any atom is -0.467 e. The van der Waals surface area contributed by atoms with Gasteiger partial charge in [-0.15, -0.1) is 22.9 Å². The van der Waals surface area contributed by atoms with Gasteiger partial charge in [0.1, 0.15) is 24.2 Å². The van der Waals surface area contributed by atoms with Crippen LogP contribution in [0.5, 0.6) is 0 Å². The minimum atomic E-state index is -1.11. The van der Waals surface area contributed by atoms with Crippen LogP contribution in [0.15, 0.2) is 10.5 Å². The molecule has 0 bridgehead atoms. The molecule has 2 unspecified atom stereocenters. The smallest absolute Gasteiger partial charge is 0.331 e. The topological polar surface area (TPSA) is 148 Å². The standard InChI is InChI=1S/C15H18ClN5O6S/c1-3-4-27-21-9(7-6-28-15(17-7)18-8(22)5-16)12(23)19-10-11(14(25)26-2)20-13(10)24/h6,10-11H,3-5H2,1-2H3,(H,19,23)(H,20,24)(H,17,18,22). The molecule has 1 saturated heterocycles. The summed E-state index contributed by atoms with van der Waals surface area (Å²) in [6.45, 7) is 2.11. The van der Waals surface area contributed by atoms with E-state index in [1.54, 1.807) is 0 Å². The number of oxime groups is 1. The number of anilines is 1. The van der Waals surface area contributed by atoms with Gasteiger partial charge in [0.15, 0.2) is 16.9 Å². The second kappa shape index (κ2) is 9.99. The first kappa shape index (κ1) is 21.6. The molecule has 1 aromatic heterocycles. The lowest BCUT2D eigenvalue weighted by Gasteiger charge is -2.34. The van der Waals surface area contributed by atoms with Crippen LogP contribution in [0, 0.1) is 0 Å². The second-order valence-corrected chi connectivity index (χ2v) is 6.58. The Morgan fingerprint density at radius 2 is 2.18 bits per heavy atom. The quantitative estimate of drug-likeness (QED) is 0.120. The highest BCUT2D eigenvalue weighted by molar-refractivity contribution is 7.14. The minimum absolute atomic E-state index is 0.123. The number of β-lactam (4-membered cyclic amide) rings is 1. The number of methoxy groups -OCH3 is 1. The number of rotatable bonds is 9. The van der Waals surface area contributed by atoms with E-state index >= 15 is 0 Å². The van der Waals surface area contributed by atoms with E-state index < -0.39 is 35.8 Å². The van der Waals surface area contributed by atoms with Crippen molar-refractivity contribution >= 4 is 57.5 Å². The van der Waals surface area contributed by atoms with Gasteiger partial charge in [0.05, 0.1) is 7.11 Å². The Bertz CT molecular complexity index is 798. The van der Waals surface area contributed by atoms with Crippen LogP contribution >= 0.6 is 22.9 Å². The number of hydrogen-bond acceptors (Lipinski definition) is 9. The largest absolute Gasteiger partial charge is 0.467 e. The maximum absolute atomic E-state index is 12.6. The molecule has 13 heteroatoms. The first-order valence-electron chi connectivity index (χ1n) is 8.12. The van der Waals surface area contributed by atoms with Crippen LogP contribution in [-0.4, -0.2) is 66.1 Å². The molecule has 1 aliphatic rings. The highest BCUT2D eigenvalue weighted by Crippen LogP contribution is 2.17. The van der Waals surface area contributed by atoms with Crippen LogP contribution in [-0.2, 0) is 28.8 Å². The van der Waals surface area contributed by atoms with Gasteiger partial charge in [-0.3, -0.25) is 14.4 Å². The van der Waals surface area contributed by atoms with Crippen molar-refractivity contribution in [1.82, 2.24) is 15.6 Å². The van der Waals surface area contributed by atoms with Crippen molar-refractivity contribution in [2.75, 3.05) is 24.9 Å². The molecule has 11 nitrogen and oxygen atoms in total. The summed E-state index contributed by atoms with van der Waals surface area (Å²) in [6.07, 6.45) is 0.655. The average molecular weight is 432 g/mol. The zero-order chi connectivity index (χ0) is 20.7. The van der Waals surface area contributed by atoms with Gasteiger partial charge in [-0.25, -0.2) is 9.78 Å². The lowest BCUT2D eigenvalue weighted by Crippen LogP contribution is -2.72. The third-order valence-electron chi connectivity index (χ3n) is 3.44. The fourth-order valence-corrected chi connectivity index (χ4v) is 2.84. The molecule has 0 saturated carbocycles. The molecule has 0 radical (unpaired) electrons. The van der Waals surface area contributed by atoms with E-state index in [1.807, 2.05) is 6.92 Å². The predicted octanol–water partition coefficient (Wildman–Crippen LogP) is -0.393. The van der Waals surface area contributed by atoms with Crippen LogP contribution in [0.25, 0.3) is 0 Å². The maximum atomic E-state index is 12.6. The van der Waals surface area contributed by atoms with Gasteiger partial charge in [-0.1, -0.05) is 12.1 Å². The Labute approximate surface area is 168 Å². The highest BCUT2D eigenvalue weighted by atomic mass is 35.5. The monoisotopic (exact) mass is 431 g/mol. The van der Waals surface area contributed by atoms with Crippen molar-refractivity contribution in [1.29, 1.82) is 0 Å². The van der Waals surface area contributed by atoms with Crippen molar-refractivity contribution in [2.24, 2.45) is 5.16 Å². The van der Waals surface area contributed by atoms with Gasteiger partial charge in [0, 0.05) is 5.38 Å². The Kier molecular flexibility index (Phi) is 7.70. The molecule has 3 N–H and O–H groups in total.